The van der Waals surface area contributed by atoms with Gasteiger partial charge >= 0.3 is 0 Å². The van der Waals surface area contributed by atoms with Gasteiger partial charge in [-0.3, -0.25) is 4.68 Å². The molecule has 0 amide bonds. The molecule has 0 spiro atoms. The maximum atomic E-state index is 5.92. The van der Waals surface area contributed by atoms with Crippen molar-refractivity contribution in [1.29, 1.82) is 0 Å². The Morgan fingerprint density at radius 2 is 1.88 bits per heavy atom. The first-order valence-corrected chi connectivity index (χ1v) is 7.85. The van der Waals surface area contributed by atoms with E-state index in [0.29, 0.717) is 16.8 Å². The van der Waals surface area contributed by atoms with Crippen molar-refractivity contribution in [2.45, 2.75) is 0 Å². The van der Waals surface area contributed by atoms with Crippen molar-refractivity contribution in [1.82, 2.24) is 19.7 Å². The number of aromatic nitrogens is 4. The van der Waals surface area contributed by atoms with E-state index in [1.54, 1.807) is 12.3 Å². The zero-order chi connectivity index (χ0) is 16.5. The quantitative estimate of drug-likeness (QED) is 0.563. The Morgan fingerprint density at radius 3 is 2.75 bits per heavy atom. The number of hydrogen-bond acceptors (Lipinski definition) is 4. The lowest BCUT2D eigenvalue weighted by Crippen LogP contribution is -1.96. The fraction of sp³-hybridized carbons (Fsp3) is 0.0556. The number of pyridine rings is 2. The van der Waals surface area contributed by atoms with Crippen molar-refractivity contribution in [3.63, 3.8) is 0 Å². The third-order valence-electron chi connectivity index (χ3n) is 3.81. The largest absolute Gasteiger partial charge is 0.325 e. The molecular formula is C18H14ClN5. The Hall–Kier alpha value is -2.92. The molecule has 4 rings (SSSR count). The molecule has 0 unspecified atom stereocenters. The van der Waals surface area contributed by atoms with Gasteiger partial charge in [0.1, 0.15) is 16.8 Å². The number of fused-ring (bicyclic) bond motifs is 1. The van der Waals surface area contributed by atoms with Crippen LogP contribution in [0.5, 0.6) is 0 Å². The van der Waals surface area contributed by atoms with Crippen LogP contribution in [0.4, 0.5) is 11.6 Å². The smallest absolute Gasteiger partial charge is 0.133 e. The minimum atomic E-state index is 0.443. The van der Waals surface area contributed by atoms with Crippen molar-refractivity contribution in [2.24, 2.45) is 7.05 Å². The van der Waals surface area contributed by atoms with Crippen LogP contribution in [0.15, 0.2) is 60.9 Å². The normalized spacial score (nSPS) is 10.9. The van der Waals surface area contributed by atoms with Crippen LogP contribution in [0.25, 0.3) is 22.0 Å². The molecule has 0 aliphatic heterocycles. The lowest BCUT2D eigenvalue weighted by Gasteiger charge is -2.07. The van der Waals surface area contributed by atoms with E-state index in [4.69, 9.17) is 11.6 Å². The SMILES string of the molecule is Cn1ncc2cc(-c3ccnc(Nc4cccc(Cl)n4)c3)ccc21. The summed E-state index contributed by atoms with van der Waals surface area (Å²) < 4.78 is 1.86. The summed E-state index contributed by atoms with van der Waals surface area (Å²) in [7, 11) is 1.94. The van der Waals surface area contributed by atoms with Crippen LogP contribution in [-0.2, 0) is 7.05 Å². The van der Waals surface area contributed by atoms with Gasteiger partial charge in [-0.05, 0) is 47.5 Å². The van der Waals surface area contributed by atoms with Crippen LogP contribution in [0.3, 0.4) is 0 Å². The molecule has 3 aromatic heterocycles. The molecule has 118 valence electrons. The highest BCUT2D eigenvalue weighted by Gasteiger charge is 2.05. The fourth-order valence-electron chi connectivity index (χ4n) is 2.63. The van der Waals surface area contributed by atoms with E-state index in [1.807, 2.05) is 42.2 Å². The number of nitrogens with one attached hydrogen (secondary N) is 1. The summed E-state index contributed by atoms with van der Waals surface area (Å²) in [5.74, 6) is 1.38. The molecule has 4 aromatic rings. The monoisotopic (exact) mass is 335 g/mol. The molecule has 6 heteroatoms. The van der Waals surface area contributed by atoms with Crippen LogP contribution in [-0.4, -0.2) is 19.7 Å². The van der Waals surface area contributed by atoms with Gasteiger partial charge in [-0.25, -0.2) is 9.97 Å². The molecule has 1 aromatic carbocycles. The second-order valence-electron chi connectivity index (χ2n) is 5.44. The van der Waals surface area contributed by atoms with Crippen LogP contribution in [0.1, 0.15) is 0 Å². The number of rotatable bonds is 3. The predicted octanol–water partition coefficient (Wildman–Crippen LogP) is 4.43. The fourth-order valence-corrected chi connectivity index (χ4v) is 2.79. The predicted molar refractivity (Wildman–Crippen MR) is 96.5 cm³/mol. The first kappa shape index (κ1) is 14.7. The van der Waals surface area contributed by atoms with Gasteiger partial charge in [0.25, 0.3) is 0 Å². The van der Waals surface area contributed by atoms with Gasteiger partial charge < -0.3 is 5.32 Å². The number of aryl methyl sites for hydroxylation is 1. The van der Waals surface area contributed by atoms with E-state index >= 15 is 0 Å². The van der Waals surface area contributed by atoms with Gasteiger partial charge in [-0.2, -0.15) is 5.10 Å². The molecular weight excluding hydrogens is 322 g/mol. The Kier molecular flexibility index (Phi) is 3.63. The lowest BCUT2D eigenvalue weighted by atomic mass is 10.1. The summed E-state index contributed by atoms with van der Waals surface area (Å²) in [5.41, 5.74) is 3.29. The topological polar surface area (TPSA) is 55.6 Å². The van der Waals surface area contributed by atoms with Gasteiger partial charge in [0.05, 0.1) is 11.7 Å². The number of halogens is 1. The molecule has 0 saturated carbocycles. The number of nitrogens with zero attached hydrogens (tertiary/aromatic N) is 4. The van der Waals surface area contributed by atoms with Crippen LogP contribution < -0.4 is 5.32 Å². The Bertz CT molecular complexity index is 1020. The molecule has 0 radical (unpaired) electrons. The van der Waals surface area contributed by atoms with Gasteiger partial charge in [0.2, 0.25) is 0 Å². The minimum Gasteiger partial charge on any atom is -0.325 e. The molecule has 0 aliphatic carbocycles. The molecule has 0 atom stereocenters. The zero-order valence-electron chi connectivity index (χ0n) is 12.9. The second kappa shape index (κ2) is 5.94. The highest BCUT2D eigenvalue weighted by molar-refractivity contribution is 6.29. The van der Waals surface area contributed by atoms with Gasteiger partial charge in [-0.1, -0.05) is 23.7 Å². The van der Waals surface area contributed by atoms with Gasteiger partial charge in [0, 0.05) is 18.6 Å². The first-order chi connectivity index (χ1) is 11.7. The first-order valence-electron chi connectivity index (χ1n) is 7.47. The summed E-state index contributed by atoms with van der Waals surface area (Å²) in [6.45, 7) is 0. The third-order valence-corrected chi connectivity index (χ3v) is 4.02. The van der Waals surface area contributed by atoms with E-state index < -0.39 is 0 Å². The minimum absolute atomic E-state index is 0.443. The summed E-state index contributed by atoms with van der Waals surface area (Å²) in [5, 5.41) is 9.01. The van der Waals surface area contributed by atoms with E-state index in [9.17, 15) is 0 Å². The highest BCUT2D eigenvalue weighted by Crippen LogP contribution is 2.26. The number of anilines is 2. The standard InChI is InChI=1S/C18H14ClN5/c1-24-15-6-5-12(9-14(15)11-21-24)13-7-8-20-18(10-13)23-17-4-2-3-16(19)22-17/h2-11H,1H3,(H,20,22,23). The molecule has 0 fully saturated rings. The second-order valence-corrected chi connectivity index (χ2v) is 5.83. The van der Waals surface area contributed by atoms with Gasteiger partial charge in [-0.15, -0.1) is 0 Å². The molecule has 0 aliphatic rings. The van der Waals surface area contributed by atoms with Crippen molar-refractivity contribution >= 4 is 34.1 Å². The molecule has 0 saturated heterocycles. The summed E-state index contributed by atoms with van der Waals surface area (Å²) in [4.78, 5) is 8.56. The molecule has 5 nitrogen and oxygen atoms in total. The average Bonchev–Trinajstić information content (AvgIpc) is 2.96. The van der Waals surface area contributed by atoms with Crippen molar-refractivity contribution in [2.75, 3.05) is 5.32 Å². The molecule has 0 bridgehead atoms. The van der Waals surface area contributed by atoms with E-state index in [2.05, 4.69) is 38.6 Å². The van der Waals surface area contributed by atoms with Crippen LogP contribution >= 0.6 is 11.6 Å². The highest BCUT2D eigenvalue weighted by atomic mass is 35.5. The maximum absolute atomic E-state index is 5.92. The Morgan fingerprint density at radius 1 is 1.00 bits per heavy atom. The maximum Gasteiger partial charge on any atom is 0.133 e. The van der Waals surface area contributed by atoms with Crippen molar-refractivity contribution in [3.05, 3.63) is 66.1 Å². The van der Waals surface area contributed by atoms with E-state index in [1.165, 1.54) is 0 Å². The van der Waals surface area contributed by atoms with E-state index in [-0.39, 0.29) is 0 Å². The molecule has 1 N–H and O–H groups in total. The number of hydrogen-bond donors (Lipinski definition) is 1. The third kappa shape index (κ3) is 2.81. The zero-order valence-corrected chi connectivity index (χ0v) is 13.7. The summed E-state index contributed by atoms with van der Waals surface area (Å²) >= 11 is 5.92. The summed E-state index contributed by atoms with van der Waals surface area (Å²) in [6.07, 6.45) is 3.64. The average molecular weight is 336 g/mol. The molecule has 3 heterocycles. The van der Waals surface area contributed by atoms with Crippen molar-refractivity contribution in [3.8, 4) is 11.1 Å². The van der Waals surface area contributed by atoms with Crippen LogP contribution in [0, 0.1) is 0 Å². The van der Waals surface area contributed by atoms with Crippen molar-refractivity contribution < 1.29 is 0 Å². The Labute approximate surface area is 143 Å². The van der Waals surface area contributed by atoms with E-state index in [0.717, 1.165) is 22.0 Å². The number of benzene rings is 1. The lowest BCUT2D eigenvalue weighted by molar-refractivity contribution is 0.797. The van der Waals surface area contributed by atoms with Crippen LogP contribution in [0.2, 0.25) is 5.15 Å². The molecule has 24 heavy (non-hydrogen) atoms. The van der Waals surface area contributed by atoms with Gasteiger partial charge in [0.15, 0.2) is 0 Å². The summed E-state index contributed by atoms with van der Waals surface area (Å²) in [6, 6.07) is 15.7. The Balaban J connectivity index is 1.68.